The van der Waals surface area contributed by atoms with Crippen LogP contribution in [0.3, 0.4) is 0 Å². The zero-order chi connectivity index (χ0) is 41.0. The first-order chi connectivity index (χ1) is 30.7. The standard InChI is InChI=1S/C57H40N4S/c1-4-14-43(15-5-1)59(44-16-6-2-7-17-44)57-34-33-56(62-57)39-23-28-46(29-24-39)61-54-31-26-41(37-49(54)50-38-42(27-32-55(50)61)51-21-12-13-35-58-51)40-25-30-53-48(36-40)47-20-10-11-22-52(47)60(53)45-18-8-3-9-19-45/h1-38,51,58H. The Morgan fingerprint density at radius 2 is 0.952 bits per heavy atom. The quantitative estimate of drug-likeness (QED) is 0.165. The van der Waals surface area contributed by atoms with E-state index in [9.17, 15) is 0 Å². The molecule has 12 rings (SSSR count). The van der Waals surface area contributed by atoms with Crippen LogP contribution in [0.5, 0.6) is 0 Å². The van der Waals surface area contributed by atoms with Crippen molar-refractivity contribution < 1.29 is 0 Å². The van der Waals surface area contributed by atoms with Crippen molar-refractivity contribution in [3.63, 3.8) is 0 Å². The third-order valence-electron chi connectivity index (χ3n) is 12.2. The lowest BCUT2D eigenvalue weighted by Crippen LogP contribution is -2.14. The Morgan fingerprint density at radius 1 is 0.419 bits per heavy atom. The Labute approximate surface area is 364 Å². The van der Waals surface area contributed by atoms with E-state index in [1.54, 1.807) is 0 Å². The highest BCUT2D eigenvalue weighted by molar-refractivity contribution is 7.19. The van der Waals surface area contributed by atoms with Gasteiger partial charge in [-0.25, -0.2) is 0 Å². The molecular weight excluding hydrogens is 773 g/mol. The molecule has 0 saturated heterocycles. The van der Waals surface area contributed by atoms with Gasteiger partial charge in [0.1, 0.15) is 5.00 Å². The molecule has 0 bridgehead atoms. The van der Waals surface area contributed by atoms with Gasteiger partial charge < -0.3 is 19.4 Å². The molecule has 0 fully saturated rings. The van der Waals surface area contributed by atoms with Crippen molar-refractivity contribution in [1.82, 2.24) is 14.5 Å². The zero-order valence-corrected chi connectivity index (χ0v) is 34.6. The van der Waals surface area contributed by atoms with Gasteiger partial charge in [-0.3, -0.25) is 0 Å². The summed E-state index contributed by atoms with van der Waals surface area (Å²) in [5, 5.41) is 9.69. The number of rotatable bonds is 8. The highest BCUT2D eigenvalue weighted by Crippen LogP contribution is 2.43. The molecule has 8 aromatic carbocycles. The van der Waals surface area contributed by atoms with E-state index in [0.717, 1.165) is 17.1 Å². The van der Waals surface area contributed by atoms with Gasteiger partial charge in [0.2, 0.25) is 0 Å². The first-order valence-electron chi connectivity index (χ1n) is 21.1. The molecule has 3 aromatic heterocycles. The molecule has 4 nitrogen and oxygen atoms in total. The molecule has 0 amide bonds. The van der Waals surface area contributed by atoms with E-state index in [-0.39, 0.29) is 6.04 Å². The molecular formula is C57H40N4S. The molecule has 11 aromatic rings. The SMILES string of the molecule is C1=CNC(c2ccc3c(c2)c2cc(-c4ccc5c(c4)c4ccccc4n5-c4ccccc4)ccc2n3-c2ccc(-c3ccc(N(c4ccccc4)c4ccccc4)s3)cc2)C=C1. The summed E-state index contributed by atoms with van der Waals surface area (Å²) < 4.78 is 4.80. The molecule has 1 aliphatic rings. The Morgan fingerprint density at radius 3 is 1.60 bits per heavy atom. The van der Waals surface area contributed by atoms with E-state index in [4.69, 9.17) is 0 Å². The van der Waals surface area contributed by atoms with Crippen LogP contribution in [0.15, 0.2) is 231 Å². The fourth-order valence-corrected chi connectivity index (χ4v) is 10.3. The largest absolute Gasteiger partial charge is 0.381 e. The topological polar surface area (TPSA) is 25.1 Å². The van der Waals surface area contributed by atoms with Gasteiger partial charge >= 0.3 is 0 Å². The van der Waals surface area contributed by atoms with Crippen molar-refractivity contribution in [2.24, 2.45) is 0 Å². The average Bonchev–Trinajstić information content (AvgIpc) is 4.05. The summed E-state index contributed by atoms with van der Waals surface area (Å²) in [6.07, 6.45) is 8.42. The van der Waals surface area contributed by atoms with Gasteiger partial charge in [-0.1, -0.05) is 115 Å². The number of allylic oxidation sites excluding steroid dienone is 2. The summed E-state index contributed by atoms with van der Waals surface area (Å²) in [4.78, 5) is 3.56. The Balaban J connectivity index is 0.957. The van der Waals surface area contributed by atoms with E-state index < -0.39 is 0 Å². The van der Waals surface area contributed by atoms with Crippen molar-refractivity contribution in [2.75, 3.05) is 4.90 Å². The van der Waals surface area contributed by atoms with Crippen LogP contribution in [-0.2, 0) is 0 Å². The first kappa shape index (κ1) is 36.0. The number of dihydropyridines is 1. The van der Waals surface area contributed by atoms with Gasteiger partial charge in [0, 0.05) is 49.2 Å². The molecule has 4 heterocycles. The van der Waals surface area contributed by atoms with E-state index in [0.29, 0.717) is 0 Å². The van der Waals surface area contributed by atoms with Crippen LogP contribution in [0.4, 0.5) is 16.4 Å². The molecule has 5 heteroatoms. The molecule has 62 heavy (non-hydrogen) atoms. The van der Waals surface area contributed by atoms with Crippen LogP contribution in [0.1, 0.15) is 11.6 Å². The van der Waals surface area contributed by atoms with Crippen molar-refractivity contribution in [3.8, 4) is 32.9 Å². The van der Waals surface area contributed by atoms with E-state index in [2.05, 4.69) is 238 Å². The lowest BCUT2D eigenvalue weighted by molar-refractivity contribution is 0.747. The number of nitrogens with one attached hydrogen (secondary N) is 1. The number of para-hydroxylation sites is 4. The van der Waals surface area contributed by atoms with Gasteiger partial charge in [-0.15, -0.1) is 11.3 Å². The maximum absolute atomic E-state index is 3.54. The van der Waals surface area contributed by atoms with Crippen molar-refractivity contribution in [3.05, 3.63) is 236 Å². The lowest BCUT2D eigenvalue weighted by Gasteiger charge is -2.23. The molecule has 1 unspecified atom stereocenters. The molecule has 1 N–H and O–H groups in total. The minimum atomic E-state index is 0.116. The fourth-order valence-electron chi connectivity index (χ4n) is 9.29. The Bertz CT molecular complexity index is 3440. The second-order valence-corrected chi connectivity index (χ2v) is 16.9. The van der Waals surface area contributed by atoms with Crippen LogP contribution in [0.25, 0.3) is 76.6 Å². The van der Waals surface area contributed by atoms with Gasteiger partial charge in [0.05, 0.1) is 28.1 Å². The third-order valence-corrected chi connectivity index (χ3v) is 13.3. The summed E-state index contributed by atoms with van der Waals surface area (Å²) in [6, 6.07) is 75.2. The van der Waals surface area contributed by atoms with E-state index >= 15 is 0 Å². The fraction of sp³-hybridized carbons (Fsp3) is 0.0175. The van der Waals surface area contributed by atoms with Gasteiger partial charge in [0.25, 0.3) is 0 Å². The summed E-state index contributed by atoms with van der Waals surface area (Å²) >= 11 is 1.81. The van der Waals surface area contributed by atoms with Gasteiger partial charge in [0.15, 0.2) is 0 Å². The molecule has 0 aliphatic carbocycles. The highest BCUT2D eigenvalue weighted by atomic mass is 32.1. The van der Waals surface area contributed by atoms with Crippen LogP contribution >= 0.6 is 11.3 Å². The number of hydrogen-bond acceptors (Lipinski definition) is 3. The molecule has 1 aliphatic heterocycles. The van der Waals surface area contributed by atoms with Gasteiger partial charge in [-0.2, -0.15) is 0 Å². The second kappa shape index (κ2) is 15.0. The van der Waals surface area contributed by atoms with Crippen LogP contribution in [0.2, 0.25) is 0 Å². The van der Waals surface area contributed by atoms with Gasteiger partial charge in [-0.05, 0) is 138 Å². The van der Waals surface area contributed by atoms with Crippen LogP contribution < -0.4 is 10.2 Å². The summed E-state index contributed by atoms with van der Waals surface area (Å²) in [7, 11) is 0. The smallest absolute Gasteiger partial charge is 0.101 e. The average molecular weight is 813 g/mol. The molecule has 0 saturated carbocycles. The highest BCUT2D eigenvalue weighted by Gasteiger charge is 2.19. The zero-order valence-electron chi connectivity index (χ0n) is 33.8. The third kappa shape index (κ3) is 6.13. The summed E-state index contributed by atoms with van der Waals surface area (Å²) in [5.74, 6) is 0. The number of aromatic nitrogens is 2. The molecule has 0 spiro atoms. The predicted molar refractivity (Wildman–Crippen MR) is 263 cm³/mol. The minimum absolute atomic E-state index is 0.116. The van der Waals surface area contributed by atoms with Crippen molar-refractivity contribution in [2.45, 2.75) is 6.04 Å². The van der Waals surface area contributed by atoms with Crippen LogP contribution in [-0.4, -0.2) is 9.13 Å². The minimum Gasteiger partial charge on any atom is -0.381 e. The molecule has 1 atom stereocenters. The number of thiophene rings is 1. The number of fused-ring (bicyclic) bond motifs is 6. The monoisotopic (exact) mass is 812 g/mol. The Kier molecular flexibility index (Phi) is 8.72. The normalized spacial score (nSPS) is 13.6. The summed E-state index contributed by atoms with van der Waals surface area (Å²) in [5.41, 5.74) is 14.2. The number of anilines is 3. The predicted octanol–water partition coefficient (Wildman–Crippen LogP) is 15.5. The second-order valence-electron chi connectivity index (χ2n) is 15.8. The molecule has 294 valence electrons. The number of benzene rings is 8. The first-order valence-corrected chi connectivity index (χ1v) is 21.9. The summed E-state index contributed by atoms with van der Waals surface area (Å²) in [6.45, 7) is 0. The van der Waals surface area contributed by atoms with Crippen LogP contribution in [0, 0.1) is 0 Å². The number of hydrogen-bond donors (Lipinski definition) is 1. The number of nitrogens with zero attached hydrogens (tertiary/aromatic N) is 3. The maximum Gasteiger partial charge on any atom is 0.101 e. The Hall–Kier alpha value is -7.86. The lowest BCUT2D eigenvalue weighted by atomic mass is 9.99. The van der Waals surface area contributed by atoms with Crippen molar-refractivity contribution in [1.29, 1.82) is 0 Å². The maximum atomic E-state index is 3.54. The van der Waals surface area contributed by atoms with Crippen molar-refractivity contribution >= 4 is 71.3 Å². The van der Waals surface area contributed by atoms with E-state index in [1.807, 2.05) is 23.6 Å². The van der Waals surface area contributed by atoms with E-state index in [1.165, 1.54) is 81.4 Å². The molecule has 0 radical (unpaired) electrons.